The average Bonchev–Trinajstić information content (AvgIpc) is 3.13. The molecular formula is C21H32N4O2. The predicted octanol–water partition coefficient (Wildman–Crippen LogP) is 2.37. The van der Waals surface area contributed by atoms with Crippen LogP contribution in [0.25, 0.3) is 0 Å². The molecule has 0 spiro atoms. The predicted molar refractivity (Wildman–Crippen MR) is 107 cm³/mol. The smallest absolute Gasteiger partial charge is 0.123 e. The zero-order valence-electron chi connectivity index (χ0n) is 16.5. The van der Waals surface area contributed by atoms with Crippen molar-refractivity contribution in [2.45, 2.75) is 45.9 Å². The number of benzene rings is 1. The molecule has 1 aliphatic heterocycles. The van der Waals surface area contributed by atoms with Crippen LogP contribution in [0.3, 0.4) is 0 Å². The van der Waals surface area contributed by atoms with Crippen LogP contribution in [0, 0.1) is 0 Å². The van der Waals surface area contributed by atoms with Crippen molar-refractivity contribution >= 4 is 0 Å². The van der Waals surface area contributed by atoms with E-state index in [2.05, 4.69) is 40.2 Å². The normalized spacial score (nSPS) is 18.7. The molecule has 148 valence electrons. The zero-order valence-corrected chi connectivity index (χ0v) is 16.5. The molecule has 1 aromatic heterocycles. The van der Waals surface area contributed by atoms with Gasteiger partial charge in [-0.05, 0) is 26.3 Å². The molecule has 0 radical (unpaired) electrons. The summed E-state index contributed by atoms with van der Waals surface area (Å²) in [5.41, 5.74) is 2.48. The molecule has 0 aliphatic carbocycles. The summed E-state index contributed by atoms with van der Waals surface area (Å²) >= 11 is 0. The van der Waals surface area contributed by atoms with Gasteiger partial charge in [0.2, 0.25) is 0 Å². The Kier molecular flexibility index (Phi) is 7.26. The van der Waals surface area contributed by atoms with E-state index < -0.39 is 0 Å². The topological polar surface area (TPSA) is 53.8 Å². The highest BCUT2D eigenvalue weighted by molar-refractivity contribution is 5.33. The van der Waals surface area contributed by atoms with E-state index in [4.69, 9.17) is 4.74 Å². The molecule has 6 heteroatoms. The minimum absolute atomic E-state index is 0.218. The molecule has 2 aromatic rings. The number of aliphatic hydroxyl groups is 1. The Balaban J connectivity index is 1.64. The van der Waals surface area contributed by atoms with E-state index in [0.29, 0.717) is 12.6 Å². The summed E-state index contributed by atoms with van der Waals surface area (Å²) in [4.78, 5) is 4.96. The van der Waals surface area contributed by atoms with Crippen molar-refractivity contribution in [2.75, 3.05) is 32.8 Å². The molecule has 2 heterocycles. The molecule has 3 rings (SSSR count). The molecule has 1 saturated heterocycles. The zero-order chi connectivity index (χ0) is 19.1. The summed E-state index contributed by atoms with van der Waals surface area (Å²) in [6.07, 6.45) is 4.89. The summed E-state index contributed by atoms with van der Waals surface area (Å²) < 4.78 is 7.76. The minimum Gasteiger partial charge on any atom is -0.494 e. The van der Waals surface area contributed by atoms with Gasteiger partial charge < -0.3 is 9.84 Å². The number of aliphatic hydroxyl groups excluding tert-OH is 1. The van der Waals surface area contributed by atoms with E-state index in [0.717, 1.165) is 51.4 Å². The molecule has 0 bridgehead atoms. The lowest BCUT2D eigenvalue weighted by atomic mass is 10.1. The lowest BCUT2D eigenvalue weighted by molar-refractivity contribution is 0.0494. The van der Waals surface area contributed by atoms with Crippen LogP contribution >= 0.6 is 0 Å². The van der Waals surface area contributed by atoms with Gasteiger partial charge in [-0.25, -0.2) is 0 Å². The van der Waals surface area contributed by atoms with Crippen molar-refractivity contribution in [3.05, 3.63) is 47.8 Å². The Bertz CT molecular complexity index is 703. The summed E-state index contributed by atoms with van der Waals surface area (Å²) in [5, 5.41) is 13.9. The third-order valence-electron chi connectivity index (χ3n) is 5.21. The molecule has 1 fully saturated rings. The quantitative estimate of drug-likeness (QED) is 0.732. The Labute approximate surface area is 162 Å². The lowest BCUT2D eigenvalue weighted by Crippen LogP contribution is -2.52. The van der Waals surface area contributed by atoms with Crippen molar-refractivity contribution in [1.29, 1.82) is 0 Å². The fraction of sp³-hybridized carbons (Fsp3) is 0.571. The van der Waals surface area contributed by atoms with Gasteiger partial charge in [-0.3, -0.25) is 14.5 Å². The summed E-state index contributed by atoms with van der Waals surface area (Å²) in [7, 11) is 0. The molecule has 1 atom stereocenters. The number of aryl methyl sites for hydroxylation is 1. The first kappa shape index (κ1) is 19.9. The first-order valence-electron chi connectivity index (χ1n) is 10.0. The maximum Gasteiger partial charge on any atom is 0.123 e. The Hall–Kier alpha value is -1.89. The van der Waals surface area contributed by atoms with Crippen molar-refractivity contribution in [1.82, 2.24) is 19.6 Å². The second kappa shape index (κ2) is 9.88. The molecule has 6 nitrogen and oxygen atoms in total. The first-order valence-corrected chi connectivity index (χ1v) is 10.0. The fourth-order valence-corrected chi connectivity index (χ4v) is 3.80. The molecule has 1 N–H and O–H groups in total. The summed E-state index contributed by atoms with van der Waals surface area (Å²) in [6, 6.07) is 8.63. The van der Waals surface area contributed by atoms with Gasteiger partial charge in [-0.1, -0.05) is 18.2 Å². The number of aromatic nitrogens is 2. The second-order valence-electron chi connectivity index (χ2n) is 7.12. The summed E-state index contributed by atoms with van der Waals surface area (Å²) in [5.74, 6) is 0.970. The van der Waals surface area contributed by atoms with E-state index in [1.165, 1.54) is 11.1 Å². The van der Waals surface area contributed by atoms with Gasteiger partial charge in [-0.15, -0.1) is 0 Å². The van der Waals surface area contributed by atoms with E-state index in [1.807, 2.05) is 29.9 Å². The van der Waals surface area contributed by atoms with Gasteiger partial charge in [0, 0.05) is 69.2 Å². The van der Waals surface area contributed by atoms with Gasteiger partial charge in [0.25, 0.3) is 0 Å². The van der Waals surface area contributed by atoms with Crippen LogP contribution in [0.1, 0.15) is 31.4 Å². The van der Waals surface area contributed by atoms with E-state index in [-0.39, 0.29) is 6.61 Å². The van der Waals surface area contributed by atoms with Gasteiger partial charge in [0.05, 0.1) is 12.8 Å². The highest BCUT2D eigenvalue weighted by Crippen LogP contribution is 2.24. The number of hydrogen-bond acceptors (Lipinski definition) is 5. The van der Waals surface area contributed by atoms with Gasteiger partial charge in [0.1, 0.15) is 5.75 Å². The van der Waals surface area contributed by atoms with Crippen LogP contribution in [0.2, 0.25) is 0 Å². The second-order valence-corrected chi connectivity index (χ2v) is 7.12. The van der Waals surface area contributed by atoms with Crippen LogP contribution in [-0.2, 0) is 19.6 Å². The third-order valence-corrected chi connectivity index (χ3v) is 5.21. The lowest BCUT2D eigenvalue weighted by Gasteiger charge is -2.41. The average molecular weight is 373 g/mol. The third kappa shape index (κ3) is 5.31. The molecular weight excluding hydrogens is 340 g/mol. The highest BCUT2D eigenvalue weighted by atomic mass is 16.5. The van der Waals surface area contributed by atoms with Crippen LogP contribution in [0.4, 0.5) is 0 Å². The number of hydrogen-bond donors (Lipinski definition) is 1. The Morgan fingerprint density at radius 3 is 2.78 bits per heavy atom. The number of nitrogens with zero attached hydrogens (tertiary/aromatic N) is 4. The van der Waals surface area contributed by atoms with E-state index in [9.17, 15) is 5.11 Å². The van der Waals surface area contributed by atoms with Crippen molar-refractivity contribution < 1.29 is 9.84 Å². The van der Waals surface area contributed by atoms with Gasteiger partial charge >= 0.3 is 0 Å². The van der Waals surface area contributed by atoms with Crippen molar-refractivity contribution in [2.24, 2.45) is 0 Å². The van der Waals surface area contributed by atoms with Crippen molar-refractivity contribution in [3.63, 3.8) is 0 Å². The number of rotatable bonds is 9. The van der Waals surface area contributed by atoms with Crippen LogP contribution < -0.4 is 4.74 Å². The highest BCUT2D eigenvalue weighted by Gasteiger charge is 2.27. The van der Waals surface area contributed by atoms with Crippen molar-refractivity contribution in [3.8, 4) is 5.75 Å². The van der Waals surface area contributed by atoms with Crippen LogP contribution in [-0.4, -0.2) is 63.6 Å². The number of ether oxygens (including phenoxy) is 1. The van der Waals surface area contributed by atoms with E-state index in [1.54, 1.807) is 0 Å². The maximum atomic E-state index is 9.57. The molecule has 0 amide bonds. The van der Waals surface area contributed by atoms with Crippen LogP contribution in [0.15, 0.2) is 36.7 Å². The molecule has 0 saturated carbocycles. The molecule has 0 unspecified atom stereocenters. The largest absolute Gasteiger partial charge is 0.494 e. The fourth-order valence-electron chi connectivity index (χ4n) is 3.80. The number of para-hydroxylation sites is 1. The van der Waals surface area contributed by atoms with Gasteiger partial charge in [0.15, 0.2) is 0 Å². The number of piperazine rings is 1. The molecule has 1 aliphatic rings. The minimum atomic E-state index is 0.218. The standard InChI is InChI=1S/C21H32N4O2/c1-3-25-15-18(13-22-25)14-23-10-11-24(20(17-23)9-12-26)16-19-7-5-6-8-21(19)27-4-2/h5-8,13,15,20,26H,3-4,9-12,14,16-17H2,1-2H3/t20-/m0/s1. The summed E-state index contributed by atoms with van der Waals surface area (Å²) in [6.45, 7) is 10.7. The monoisotopic (exact) mass is 372 g/mol. The molecule has 1 aromatic carbocycles. The van der Waals surface area contributed by atoms with Crippen LogP contribution in [0.5, 0.6) is 5.75 Å². The Morgan fingerprint density at radius 2 is 2.04 bits per heavy atom. The molecule has 27 heavy (non-hydrogen) atoms. The SMILES string of the molecule is CCOc1ccccc1CN1CCN(Cc2cnn(CC)c2)C[C@@H]1CCO. The first-order chi connectivity index (χ1) is 13.2. The van der Waals surface area contributed by atoms with E-state index >= 15 is 0 Å². The maximum absolute atomic E-state index is 9.57. The van der Waals surface area contributed by atoms with Gasteiger partial charge in [-0.2, -0.15) is 5.10 Å². The Morgan fingerprint density at radius 1 is 1.19 bits per heavy atom.